The third-order valence-corrected chi connectivity index (χ3v) is 3.86. The summed E-state index contributed by atoms with van der Waals surface area (Å²) in [5.41, 5.74) is 1.75. The molecule has 120 valence electrons. The number of nitrogens with zero attached hydrogens (tertiary/aromatic N) is 4. The van der Waals surface area contributed by atoms with Crippen LogP contribution in [-0.2, 0) is 0 Å². The molecule has 0 radical (unpaired) electrons. The average Bonchev–Trinajstić information content (AvgIpc) is 2.95. The molecule has 0 N–H and O–H groups in total. The third-order valence-electron chi connectivity index (χ3n) is 3.86. The molecule has 0 unspecified atom stereocenters. The summed E-state index contributed by atoms with van der Waals surface area (Å²) in [5, 5.41) is 9.60. The zero-order chi connectivity index (χ0) is 17.6. The lowest BCUT2D eigenvalue weighted by molar-refractivity contribution is 0.462. The maximum Gasteiger partial charge on any atom is 0.249 e. The molecule has 0 amide bonds. The fourth-order valence-electron chi connectivity index (χ4n) is 2.85. The molecule has 4 rings (SSSR count). The quantitative estimate of drug-likeness (QED) is 0.392. The number of aromatic nitrogens is 3. The lowest BCUT2D eigenvalue weighted by atomic mass is 9.97. The third kappa shape index (κ3) is 2.19. The van der Waals surface area contributed by atoms with Gasteiger partial charge in [0.15, 0.2) is 11.6 Å². The van der Waals surface area contributed by atoms with Crippen molar-refractivity contribution in [3.05, 3.63) is 77.1 Å². The van der Waals surface area contributed by atoms with Crippen LogP contribution < -0.4 is 0 Å². The standard InChI is InChI=1S/C18H7F3N4/c19-12-7-13(20)18(21)25-15(12)11(8-22)14-9-3-1-5-23-16(9)17-10(14)4-2-6-24-17/h1-7H. The Bertz CT molecular complexity index is 1050. The van der Waals surface area contributed by atoms with Gasteiger partial charge in [-0.25, -0.2) is 13.8 Å². The van der Waals surface area contributed by atoms with Gasteiger partial charge in [-0.1, -0.05) is 12.1 Å². The first-order chi connectivity index (χ1) is 12.1. The molecule has 7 heteroatoms. The minimum Gasteiger partial charge on any atom is -0.254 e. The van der Waals surface area contributed by atoms with Gasteiger partial charge in [0.25, 0.3) is 0 Å². The molecule has 4 nitrogen and oxygen atoms in total. The highest BCUT2D eigenvalue weighted by Gasteiger charge is 2.30. The van der Waals surface area contributed by atoms with E-state index in [1.807, 2.05) is 6.07 Å². The number of hydrogen-bond donors (Lipinski definition) is 0. The van der Waals surface area contributed by atoms with E-state index >= 15 is 0 Å². The van der Waals surface area contributed by atoms with E-state index in [1.165, 1.54) is 0 Å². The van der Waals surface area contributed by atoms with Crippen LogP contribution >= 0.6 is 0 Å². The van der Waals surface area contributed by atoms with Crippen LogP contribution in [0.5, 0.6) is 0 Å². The zero-order valence-electron chi connectivity index (χ0n) is 12.5. The summed E-state index contributed by atoms with van der Waals surface area (Å²) in [6.45, 7) is 0. The maximum atomic E-state index is 14.2. The fourth-order valence-corrected chi connectivity index (χ4v) is 2.85. The molecule has 0 fully saturated rings. The second-order valence-electron chi connectivity index (χ2n) is 5.25. The van der Waals surface area contributed by atoms with Gasteiger partial charge in [-0.05, 0) is 12.1 Å². The Morgan fingerprint density at radius 3 is 2.08 bits per heavy atom. The Kier molecular flexibility index (Phi) is 3.32. The molecule has 1 aliphatic rings. The van der Waals surface area contributed by atoms with Crippen LogP contribution in [0, 0.1) is 28.9 Å². The molecule has 3 aromatic heterocycles. The Morgan fingerprint density at radius 1 is 0.920 bits per heavy atom. The molecular weight excluding hydrogens is 329 g/mol. The Balaban J connectivity index is 2.11. The van der Waals surface area contributed by atoms with Crippen LogP contribution in [-0.4, -0.2) is 15.0 Å². The number of fused-ring (bicyclic) bond motifs is 3. The summed E-state index contributed by atoms with van der Waals surface area (Å²) in [5.74, 6) is -4.01. The van der Waals surface area contributed by atoms with E-state index in [1.54, 1.807) is 36.7 Å². The molecule has 3 aromatic rings. The van der Waals surface area contributed by atoms with Crippen LogP contribution in [0.4, 0.5) is 13.2 Å². The SMILES string of the molecule is N#CC(=C1c2cccnc2-c2ncccc21)c1nc(F)c(F)cc1F. The minimum absolute atomic E-state index is 0.211. The van der Waals surface area contributed by atoms with Gasteiger partial charge in [-0.3, -0.25) is 9.97 Å². The monoisotopic (exact) mass is 336 g/mol. The van der Waals surface area contributed by atoms with Gasteiger partial charge >= 0.3 is 0 Å². The molecule has 25 heavy (non-hydrogen) atoms. The lowest BCUT2D eigenvalue weighted by Crippen LogP contribution is -2.02. The highest BCUT2D eigenvalue weighted by Crippen LogP contribution is 2.45. The van der Waals surface area contributed by atoms with Crippen LogP contribution in [0.1, 0.15) is 16.8 Å². The van der Waals surface area contributed by atoms with Crippen molar-refractivity contribution in [3.8, 4) is 17.5 Å². The molecule has 0 bridgehead atoms. The Hall–Kier alpha value is -3.53. The Labute approximate surface area is 139 Å². The predicted molar refractivity (Wildman–Crippen MR) is 83.1 cm³/mol. The van der Waals surface area contributed by atoms with Gasteiger partial charge in [-0.2, -0.15) is 9.65 Å². The lowest BCUT2D eigenvalue weighted by Gasteiger charge is -2.08. The summed E-state index contributed by atoms with van der Waals surface area (Å²) < 4.78 is 40.9. The number of pyridine rings is 3. The van der Waals surface area contributed by atoms with Crippen LogP contribution in [0.15, 0.2) is 42.7 Å². The highest BCUT2D eigenvalue weighted by molar-refractivity contribution is 6.11. The molecule has 0 aliphatic heterocycles. The normalized spacial score (nSPS) is 11.7. The van der Waals surface area contributed by atoms with Crippen LogP contribution in [0.25, 0.3) is 22.5 Å². The summed E-state index contributed by atoms with van der Waals surface area (Å²) in [4.78, 5) is 11.8. The van der Waals surface area contributed by atoms with Crippen molar-refractivity contribution in [2.75, 3.05) is 0 Å². The summed E-state index contributed by atoms with van der Waals surface area (Å²) >= 11 is 0. The van der Waals surface area contributed by atoms with Crippen molar-refractivity contribution in [1.82, 2.24) is 15.0 Å². The molecule has 0 spiro atoms. The van der Waals surface area contributed by atoms with Gasteiger partial charge in [0.2, 0.25) is 5.95 Å². The second kappa shape index (κ2) is 5.53. The van der Waals surface area contributed by atoms with Crippen LogP contribution in [0.3, 0.4) is 0 Å². The van der Waals surface area contributed by atoms with Crippen molar-refractivity contribution < 1.29 is 13.2 Å². The number of halogens is 3. The number of nitriles is 1. The molecule has 0 aromatic carbocycles. The van der Waals surface area contributed by atoms with E-state index in [4.69, 9.17) is 0 Å². The van der Waals surface area contributed by atoms with Gasteiger partial charge < -0.3 is 0 Å². The van der Waals surface area contributed by atoms with Crippen molar-refractivity contribution in [2.45, 2.75) is 0 Å². The molecule has 0 atom stereocenters. The minimum atomic E-state index is -1.47. The zero-order valence-corrected chi connectivity index (χ0v) is 12.5. The molecule has 0 saturated carbocycles. The first-order valence-corrected chi connectivity index (χ1v) is 7.19. The topological polar surface area (TPSA) is 62.5 Å². The van der Waals surface area contributed by atoms with E-state index in [9.17, 15) is 18.4 Å². The van der Waals surface area contributed by atoms with E-state index in [2.05, 4.69) is 15.0 Å². The average molecular weight is 336 g/mol. The first kappa shape index (κ1) is 15.0. The number of hydrogen-bond acceptors (Lipinski definition) is 4. The Morgan fingerprint density at radius 2 is 1.52 bits per heavy atom. The van der Waals surface area contributed by atoms with E-state index in [-0.39, 0.29) is 5.57 Å². The summed E-state index contributed by atoms with van der Waals surface area (Å²) in [6, 6.07) is 8.96. The van der Waals surface area contributed by atoms with Crippen molar-refractivity contribution in [2.24, 2.45) is 0 Å². The van der Waals surface area contributed by atoms with Gasteiger partial charge in [0.05, 0.1) is 17.0 Å². The van der Waals surface area contributed by atoms with E-state index < -0.39 is 23.3 Å². The van der Waals surface area contributed by atoms with Crippen molar-refractivity contribution in [3.63, 3.8) is 0 Å². The number of allylic oxidation sites excluding steroid dienone is 1. The van der Waals surface area contributed by atoms with Crippen molar-refractivity contribution in [1.29, 1.82) is 5.26 Å². The first-order valence-electron chi connectivity index (χ1n) is 7.19. The van der Waals surface area contributed by atoms with Crippen LogP contribution in [0.2, 0.25) is 0 Å². The molecule has 3 heterocycles. The molecule has 0 saturated heterocycles. The van der Waals surface area contributed by atoms with E-state index in [0.29, 0.717) is 34.2 Å². The molecular formula is C18H7F3N4. The smallest absolute Gasteiger partial charge is 0.249 e. The maximum absolute atomic E-state index is 14.2. The van der Waals surface area contributed by atoms with Gasteiger partial charge in [0, 0.05) is 35.2 Å². The largest absolute Gasteiger partial charge is 0.254 e. The second-order valence-corrected chi connectivity index (χ2v) is 5.25. The van der Waals surface area contributed by atoms with Gasteiger partial charge in [-0.15, -0.1) is 0 Å². The highest BCUT2D eigenvalue weighted by atomic mass is 19.2. The summed E-state index contributed by atoms with van der Waals surface area (Å²) in [6.07, 6.45) is 3.14. The molecule has 1 aliphatic carbocycles. The summed E-state index contributed by atoms with van der Waals surface area (Å²) in [7, 11) is 0. The fraction of sp³-hybridized carbons (Fsp3) is 0. The predicted octanol–water partition coefficient (Wildman–Crippen LogP) is 3.75. The number of rotatable bonds is 1. The van der Waals surface area contributed by atoms with Crippen molar-refractivity contribution >= 4 is 11.1 Å². The van der Waals surface area contributed by atoms with E-state index in [0.717, 1.165) is 0 Å². The van der Waals surface area contributed by atoms with Gasteiger partial charge in [0.1, 0.15) is 11.8 Å².